The van der Waals surface area contributed by atoms with Crippen molar-refractivity contribution in [3.63, 3.8) is 0 Å². The molecule has 2 fully saturated rings. The molecule has 0 bridgehead atoms. The first-order chi connectivity index (χ1) is 6.20. The normalized spacial score (nSPS) is 48.5. The lowest BCUT2D eigenvalue weighted by molar-refractivity contribution is 0.274. The minimum absolute atomic E-state index is 0.864. The first kappa shape index (κ1) is 9.55. The van der Waals surface area contributed by atoms with Crippen LogP contribution in [-0.4, -0.2) is 0 Å². The molecule has 76 valence electrons. The Morgan fingerprint density at radius 2 is 1.92 bits per heavy atom. The van der Waals surface area contributed by atoms with Crippen LogP contribution in [0.5, 0.6) is 0 Å². The van der Waals surface area contributed by atoms with E-state index in [9.17, 15) is 0 Å². The van der Waals surface area contributed by atoms with E-state index in [-0.39, 0.29) is 0 Å². The highest BCUT2D eigenvalue weighted by Crippen LogP contribution is 2.87. The molecule has 0 aromatic carbocycles. The van der Waals surface area contributed by atoms with Crippen molar-refractivity contribution in [3.05, 3.63) is 0 Å². The molecule has 0 aromatic heterocycles. The average molecular weight is 180 g/mol. The van der Waals surface area contributed by atoms with Gasteiger partial charge in [0.2, 0.25) is 0 Å². The van der Waals surface area contributed by atoms with Crippen molar-refractivity contribution < 1.29 is 0 Å². The van der Waals surface area contributed by atoms with Crippen LogP contribution in [0.4, 0.5) is 0 Å². The van der Waals surface area contributed by atoms with Crippen LogP contribution in [-0.2, 0) is 0 Å². The van der Waals surface area contributed by atoms with Crippen LogP contribution in [0.2, 0.25) is 0 Å². The second-order valence-electron chi connectivity index (χ2n) is 5.47. The summed E-state index contributed by atoms with van der Waals surface area (Å²) in [4.78, 5) is 0. The molecule has 0 amide bonds. The van der Waals surface area contributed by atoms with E-state index in [0.29, 0.717) is 0 Å². The summed E-state index contributed by atoms with van der Waals surface area (Å²) >= 11 is 0. The molecule has 0 nitrogen and oxygen atoms in total. The van der Waals surface area contributed by atoms with Gasteiger partial charge in [0.05, 0.1) is 0 Å². The van der Waals surface area contributed by atoms with Crippen molar-refractivity contribution >= 4 is 0 Å². The summed E-state index contributed by atoms with van der Waals surface area (Å²) < 4.78 is 0. The smallest absolute Gasteiger partial charge is 0.0201 e. The molecule has 0 saturated heterocycles. The van der Waals surface area contributed by atoms with Gasteiger partial charge in [-0.15, -0.1) is 0 Å². The van der Waals surface area contributed by atoms with Crippen LogP contribution in [0.3, 0.4) is 0 Å². The molecule has 0 N–H and O–H groups in total. The molecular formula is C13H24. The molecule has 0 radical (unpaired) electrons. The quantitative estimate of drug-likeness (QED) is 0.597. The number of rotatable bonds is 5. The third-order valence-corrected chi connectivity index (χ3v) is 4.84. The van der Waals surface area contributed by atoms with Gasteiger partial charge < -0.3 is 0 Å². The maximum absolute atomic E-state index is 2.48. The van der Waals surface area contributed by atoms with E-state index >= 15 is 0 Å². The van der Waals surface area contributed by atoms with Crippen LogP contribution in [0.1, 0.15) is 53.4 Å². The Morgan fingerprint density at radius 1 is 1.23 bits per heavy atom. The highest BCUT2D eigenvalue weighted by Gasteiger charge is 2.83. The zero-order valence-electron chi connectivity index (χ0n) is 9.64. The van der Waals surface area contributed by atoms with Gasteiger partial charge in [-0.05, 0) is 35.5 Å². The highest BCUT2D eigenvalue weighted by atomic mass is 14.9. The van der Waals surface area contributed by atoms with Crippen LogP contribution < -0.4 is 0 Å². The van der Waals surface area contributed by atoms with Gasteiger partial charge in [-0.25, -0.2) is 0 Å². The van der Waals surface area contributed by atoms with E-state index in [1.165, 1.54) is 25.7 Å². The predicted molar refractivity (Wildman–Crippen MR) is 57.6 cm³/mol. The zero-order valence-corrected chi connectivity index (χ0v) is 9.64. The molecule has 2 aliphatic rings. The third kappa shape index (κ3) is 1.10. The van der Waals surface area contributed by atoms with Crippen molar-refractivity contribution in [1.29, 1.82) is 0 Å². The molecular weight excluding hydrogens is 156 g/mol. The van der Waals surface area contributed by atoms with Crippen molar-refractivity contribution in [3.8, 4) is 0 Å². The predicted octanol–water partition coefficient (Wildman–Crippen LogP) is 4.10. The van der Waals surface area contributed by atoms with Crippen LogP contribution in [0, 0.1) is 29.1 Å². The number of hydrogen-bond acceptors (Lipinski definition) is 0. The minimum atomic E-state index is 0.864. The lowest BCUT2D eigenvalue weighted by Gasteiger charge is -2.21. The van der Waals surface area contributed by atoms with Crippen LogP contribution in [0.25, 0.3) is 0 Å². The summed E-state index contributed by atoms with van der Waals surface area (Å²) in [6.45, 7) is 9.61. The third-order valence-electron chi connectivity index (χ3n) is 4.84. The van der Waals surface area contributed by atoms with Gasteiger partial charge in [0.25, 0.3) is 0 Å². The Kier molecular flexibility index (Phi) is 2.20. The first-order valence-electron chi connectivity index (χ1n) is 6.20. The average Bonchev–Trinajstić information content (AvgIpc) is 2.90. The molecule has 2 aliphatic carbocycles. The Morgan fingerprint density at radius 3 is 2.38 bits per heavy atom. The summed E-state index contributed by atoms with van der Waals surface area (Å²) in [7, 11) is 0. The molecule has 2 rings (SSSR count). The lowest BCUT2D eigenvalue weighted by Crippen LogP contribution is -2.14. The molecule has 13 heavy (non-hydrogen) atoms. The monoisotopic (exact) mass is 180 g/mol. The van der Waals surface area contributed by atoms with Crippen LogP contribution in [0.15, 0.2) is 0 Å². The Labute approximate surface area is 83.1 Å². The maximum atomic E-state index is 2.48. The van der Waals surface area contributed by atoms with E-state index in [1.807, 2.05) is 0 Å². The molecule has 0 aliphatic heterocycles. The number of fused-ring (bicyclic) bond motifs is 1. The minimum Gasteiger partial charge on any atom is -0.0654 e. The van der Waals surface area contributed by atoms with E-state index in [1.54, 1.807) is 0 Å². The summed E-state index contributed by atoms with van der Waals surface area (Å²) in [5.74, 6) is 4.37. The highest BCUT2D eigenvalue weighted by molar-refractivity contribution is 5.30. The fourth-order valence-electron chi connectivity index (χ4n) is 4.22. The fraction of sp³-hybridized carbons (Fsp3) is 1.00. The van der Waals surface area contributed by atoms with Gasteiger partial charge in [0.15, 0.2) is 0 Å². The molecule has 5 atom stereocenters. The maximum Gasteiger partial charge on any atom is -0.0201 e. The van der Waals surface area contributed by atoms with Crippen LogP contribution >= 0.6 is 0 Å². The first-order valence-corrected chi connectivity index (χ1v) is 6.20. The van der Waals surface area contributed by atoms with Crippen molar-refractivity contribution in [1.82, 2.24) is 0 Å². The zero-order chi connectivity index (χ0) is 9.64. The summed E-state index contributed by atoms with van der Waals surface area (Å²) in [6, 6.07) is 0. The van der Waals surface area contributed by atoms with Gasteiger partial charge in [-0.1, -0.05) is 47.0 Å². The Bertz CT molecular complexity index is 194. The van der Waals surface area contributed by atoms with Crippen molar-refractivity contribution in [2.45, 2.75) is 53.4 Å². The standard InChI is InChI=1S/C13H24/c1-5-7-9(3)11-12-10(4)13(11,12)8-6-2/h9-12H,5-8H2,1-4H3. The van der Waals surface area contributed by atoms with E-state index in [2.05, 4.69) is 27.7 Å². The Balaban J connectivity index is 1.87. The van der Waals surface area contributed by atoms with Gasteiger partial charge in [-0.3, -0.25) is 0 Å². The SMILES string of the molecule is CCCC(C)C1C2C(C)C12CCC. The van der Waals surface area contributed by atoms with Crippen molar-refractivity contribution in [2.24, 2.45) is 29.1 Å². The molecule has 0 heterocycles. The van der Waals surface area contributed by atoms with Gasteiger partial charge in [-0.2, -0.15) is 0 Å². The molecule has 5 unspecified atom stereocenters. The molecule has 0 aromatic rings. The second-order valence-corrected chi connectivity index (χ2v) is 5.47. The van der Waals surface area contributed by atoms with Gasteiger partial charge in [0.1, 0.15) is 0 Å². The lowest BCUT2D eigenvalue weighted by atomic mass is 9.83. The summed E-state index contributed by atoms with van der Waals surface area (Å²) in [5, 5.41) is 0. The topological polar surface area (TPSA) is 0 Å². The molecule has 0 heteroatoms. The molecule has 2 saturated carbocycles. The summed E-state index contributed by atoms with van der Waals surface area (Å²) in [5.41, 5.74) is 0.864. The Hall–Kier alpha value is 0. The van der Waals surface area contributed by atoms with Crippen molar-refractivity contribution in [2.75, 3.05) is 0 Å². The fourth-order valence-corrected chi connectivity index (χ4v) is 4.22. The molecule has 0 spiro atoms. The van der Waals surface area contributed by atoms with Gasteiger partial charge in [0, 0.05) is 0 Å². The van der Waals surface area contributed by atoms with E-state index in [0.717, 1.165) is 29.1 Å². The summed E-state index contributed by atoms with van der Waals surface area (Å²) in [6.07, 6.45) is 5.74. The second kappa shape index (κ2) is 3.00. The number of hydrogen-bond donors (Lipinski definition) is 0. The largest absolute Gasteiger partial charge is 0.0654 e. The van der Waals surface area contributed by atoms with E-state index < -0.39 is 0 Å². The van der Waals surface area contributed by atoms with E-state index in [4.69, 9.17) is 0 Å². The van der Waals surface area contributed by atoms with Gasteiger partial charge >= 0.3 is 0 Å².